The molecule has 0 aliphatic heterocycles. The van der Waals surface area contributed by atoms with Crippen molar-refractivity contribution in [2.45, 2.75) is 13.3 Å². The highest BCUT2D eigenvalue weighted by atomic mass is 17.2. The zero-order valence-electron chi connectivity index (χ0n) is 10.4. The van der Waals surface area contributed by atoms with Crippen molar-refractivity contribution in [3.63, 3.8) is 0 Å². The SMILES string of the molecule is CCc1cccc(C(=O)OOC)c1C(=O)OOC. The van der Waals surface area contributed by atoms with Crippen LogP contribution in [0.3, 0.4) is 0 Å². The molecule has 0 radical (unpaired) electrons. The van der Waals surface area contributed by atoms with E-state index in [2.05, 4.69) is 19.6 Å². The Bertz CT molecular complexity index is 440. The van der Waals surface area contributed by atoms with Crippen LogP contribution in [0.5, 0.6) is 0 Å². The Balaban J connectivity index is 3.24. The highest BCUT2D eigenvalue weighted by Crippen LogP contribution is 2.18. The Morgan fingerprint density at radius 3 is 2.22 bits per heavy atom. The predicted molar refractivity (Wildman–Crippen MR) is 60.7 cm³/mol. The summed E-state index contributed by atoms with van der Waals surface area (Å²) < 4.78 is 0. The van der Waals surface area contributed by atoms with Gasteiger partial charge in [-0.15, -0.1) is 0 Å². The topological polar surface area (TPSA) is 71.1 Å². The van der Waals surface area contributed by atoms with Crippen LogP contribution in [0.2, 0.25) is 0 Å². The molecule has 0 heterocycles. The number of aryl methyl sites for hydroxylation is 1. The number of rotatable bonds is 5. The first-order valence-electron chi connectivity index (χ1n) is 5.27. The monoisotopic (exact) mass is 254 g/mol. The van der Waals surface area contributed by atoms with Crippen molar-refractivity contribution in [2.75, 3.05) is 14.2 Å². The van der Waals surface area contributed by atoms with Gasteiger partial charge in [-0.05, 0) is 18.1 Å². The van der Waals surface area contributed by atoms with E-state index in [1.165, 1.54) is 20.3 Å². The first-order valence-corrected chi connectivity index (χ1v) is 5.27. The van der Waals surface area contributed by atoms with Crippen molar-refractivity contribution in [1.82, 2.24) is 0 Å². The van der Waals surface area contributed by atoms with Gasteiger partial charge in [0, 0.05) is 0 Å². The molecule has 0 N–H and O–H groups in total. The van der Waals surface area contributed by atoms with Crippen LogP contribution in [0.25, 0.3) is 0 Å². The molecule has 0 aromatic heterocycles. The van der Waals surface area contributed by atoms with Crippen molar-refractivity contribution in [1.29, 1.82) is 0 Å². The molecule has 1 aromatic carbocycles. The molecule has 0 amide bonds. The minimum Gasteiger partial charge on any atom is -0.293 e. The fraction of sp³-hybridized carbons (Fsp3) is 0.333. The summed E-state index contributed by atoms with van der Waals surface area (Å²) in [5.74, 6) is -1.52. The third kappa shape index (κ3) is 3.06. The van der Waals surface area contributed by atoms with Gasteiger partial charge in [0.1, 0.15) is 0 Å². The number of hydrogen-bond donors (Lipinski definition) is 0. The maximum absolute atomic E-state index is 11.8. The van der Waals surface area contributed by atoms with E-state index in [1.54, 1.807) is 12.1 Å². The minimum atomic E-state index is -0.768. The molecule has 0 aliphatic rings. The molecule has 0 aliphatic carbocycles. The lowest BCUT2D eigenvalue weighted by molar-refractivity contribution is -0.218. The van der Waals surface area contributed by atoms with Crippen LogP contribution >= 0.6 is 0 Å². The van der Waals surface area contributed by atoms with Crippen molar-refractivity contribution >= 4 is 11.9 Å². The third-order valence-corrected chi connectivity index (χ3v) is 2.27. The number of carbonyl (C=O) groups excluding carboxylic acids is 2. The van der Waals surface area contributed by atoms with E-state index >= 15 is 0 Å². The number of carbonyl (C=O) groups is 2. The van der Waals surface area contributed by atoms with Crippen LogP contribution in [0, 0.1) is 0 Å². The molecule has 0 saturated carbocycles. The Hall–Kier alpha value is -1.92. The van der Waals surface area contributed by atoms with Gasteiger partial charge >= 0.3 is 11.9 Å². The Kier molecular flexibility index (Phi) is 5.29. The summed E-state index contributed by atoms with van der Waals surface area (Å²) in [7, 11) is 2.41. The van der Waals surface area contributed by atoms with Gasteiger partial charge in [0.25, 0.3) is 0 Å². The molecular weight excluding hydrogens is 240 g/mol. The average molecular weight is 254 g/mol. The Morgan fingerprint density at radius 1 is 1.06 bits per heavy atom. The fourth-order valence-electron chi connectivity index (χ4n) is 1.54. The summed E-state index contributed by atoms with van der Waals surface area (Å²) in [6.45, 7) is 1.85. The molecule has 0 atom stereocenters. The first kappa shape index (κ1) is 14.1. The van der Waals surface area contributed by atoms with E-state index in [4.69, 9.17) is 0 Å². The number of benzene rings is 1. The molecule has 0 fully saturated rings. The smallest absolute Gasteiger partial charge is 0.293 e. The van der Waals surface area contributed by atoms with Crippen LogP contribution in [0.4, 0.5) is 0 Å². The summed E-state index contributed by atoms with van der Waals surface area (Å²) in [6, 6.07) is 4.82. The van der Waals surface area contributed by atoms with Gasteiger partial charge in [-0.3, -0.25) is 9.78 Å². The highest BCUT2D eigenvalue weighted by Gasteiger charge is 2.23. The van der Waals surface area contributed by atoms with Crippen LogP contribution in [0.15, 0.2) is 18.2 Å². The Labute approximate surface area is 104 Å². The fourth-order valence-corrected chi connectivity index (χ4v) is 1.54. The summed E-state index contributed by atoms with van der Waals surface area (Å²) in [6.07, 6.45) is 0.558. The lowest BCUT2D eigenvalue weighted by Crippen LogP contribution is -2.16. The molecule has 0 spiro atoms. The molecule has 1 aromatic rings. The molecule has 0 saturated heterocycles. The van der Waals surface area contributed by atoms with Gasteiger partial charge < -0.3 is 0 Å². The van der Waals surface area contributed by atoms with Gasteiger partial charge in [0.2, 0.25) is 0 Å². The van der Waals surface area contributed by atoms with Crippen molar-refractivity contribution < 1.29 is 29.1 Å². The summed E-state index contributed by atoms with van der Waals surface area (Å²) in [4.78, 5) is 40.9. The second-order valence-corrected chi connectivity index (χ2v) is 3.27. The maximum Gasteiger partial charge on any atom is 0.374 e. The van der Waals surface area contributed by atoms with Gasteiger partial charge in [-0.25, -0.2) is 9.59 Å². The lowest BCUT2D eigenvalue weighted by Gasteiger charge is -2.10. The molecule has 0 unspecified atom stereocenters. The largest absolute Gasteiger partial charge is 0.374 e. The molecule has 1 rings (SSSR count). The van der Waals surface area contributed by atoms with Gasteiger partial charge in [-0.1, -0.05) is 19.1 Å². The Morgan fingerprint density at radius 2 is 1.67 bits per heavy atom. The molecular formula is C12H14O6. The first-order chi connectivity index (χ1) is 8.65. The standard InChI is InChI=1S/C12H14O6/c1-4-8-6-5-7-9(11(13)17-15-2)10(8)12(14)18-16-3/h5-7H,4H2,1-3H3. The molecule has 6 heteroatoms. The van der Waals surface area contributed by atoms with Crippen molar-refractivity contribution in [3.8, 4) is 0 Å². The van der Waals surface area contributed by atoms with Crippen LogP contribution in [-0.2, 0) is 26.0 Å². The summed E-state index contributed by atoms with van der Waals surface area (Å²) >= 11 is 0. The van der Waals surface area contributed by atoms with Gasteiger partial charge in [-0.2, -0.15) is 9.78 Å². The minimum absolute atomic E-state index is 0.0678. The highest BCUT2D eigenvalue weighted by molar-refractivity contribution is 6.03. The quantitative estimate of drug-likeness (QED) is 0.588. The van der Waals surface area contributed by atoms with Crippen LogP contribution < -0.4 is 0 Å². The van der Waals surface area contributed by atoms with E-state index in [0.29, 0.717) is 12.0 Å². The predicted octanol–water partition coefficient (Wildman–Crippen LogP) is 1.69. The summed E-state index contributed by atoms with van der Waals surface area (Å²) in [5.41, 5.74) is 0.838. The molecule has 6 nitrogen and oxygen atoms in total. The molecule has 98 valence electrons. The van der Waals surface area contributed by atoms with E-state index in [-0.39, 0.29) is 11.1 Å². The van der Waals surface area contributed by atoms with Crippen LogP contribution in [-0.4, -0.2) is 26.2 Å². The zero-order valence-corrected chi connectivity index (χ0v) is 10.4. The van der Waals surface area contributed by atoms with Crippen LogP contribution in [0.1, 0.15) is 33.2 Å². The zero-order chi connectivity index (χ0) is 13.5. The average Bonchev–Trinajstić information content (AvgIpc) is 2.38. The number of hydrogen-bond acceptors (Lipinski definition) is 6. The molecule has 18 heavy (non-hydrogen) atoms. The second kappa shape index (κ2) is 6.73. The third-order valence-electron chi connectivity index (χ3n) is 2.27. The summed E-state index contributed by atoms with van der Waals surface area (Å²) in [5, 5.41) is 0. The maximum atomic E-state index is 11.8. The lowest BCUT2D eigenvalue weighted by atomic mass is 9.99. The van der Waals surface area contributed by atoms with E-state index in [9.17, 15) is 9.59 Å². The molecule has 0 bridgehead atoms. The normalized spacial score (nSPS) is 9.94. The second-order valence-electron chi connectivity index (χ2n) is 3.27. The van der Waals surface area contributed by atoms with Crippen molar-refractivity contribution in [3.05, 3.63) is 34.9 Å². The van der Waals surface area contributed by atoms with E-state index in [0.717, 1.165) is 0 Å². The van der Waals surface area contributed by atoms with E-state index in [1.807, 2.05) is 6.92 Å². The van der Waals surface area contributed by atoms with E-state index < -0.39 is 11.9 Å². The van der Waals surface area contributed by atoms with Crippen molar-refractivity contribution in [2.24, 2.45) is 0 Å². The van der Waals surface area contributed by atoms with Gasteiger partial charge in [0.05, 0.1) is 25.3 Å². The van der Waals surface area contributed by atoms with Gasteiger partial charge in [0.15, 0.2) is 0 Å².